The van der Waals surface area contributed by atoms with Gasteiger partial charge in [0.15, 0.2) is 0 Å². The maximum Gasteiger partial charge on any atom is 0.220 e. The fraction of sp³-hybridized carbons (Fsp3) is 0.500. The summed E-state index contributed by atoms with van der Waals surface area (Å²) < 4.78 is 14.8. The first-order chi connectivity index (χ1) is 17.7. The van der Waals surface area contributed by atoms with Gasteiger partial charge in [-0.3, -0.25) is 0 Å². The second kappa shape index (κ2) is 16.3. The predicted octanol–water partition coefficient (Wildman–Crippen LogP) is 10.8. The van der Waals surface area contributed by atoms with E-state index in [0.717, 1.165) is 36.1 Å². The Morgan fingerprint density at radius 2 is 0.972 bits per heavy atom. The van der Waals surface area contributed by atoms with Gasteiger partial charge in [0.05, 0.1) is 0 Å². The molecule has 194 valence electrons. The zero-order chi connectivity index (χ0) is 25.4. The molecular formula is C34H46FN. The highest BCUT2D eigenvalue weighted by molar-refractivity contribution is 5.70. The van der Waals surface area contributed by atoms with E-state index >= 15 is 0 Å². The van der Waals surface area contributed by atoms with Gasteiger partial charge in [-0.25, -0.2) is 4.98 Å². The van der Waals surface area contributed by atoms with Crippen molar-refractivity contribution in [2.24, 2.45) is 0 Å². The topological polar surface area (TPSA) is 12.9 Å². The Kier molecular flexibility index (Phi) is 12.7. The van der Waals surface area contributed by atoms with Gasteiger partial charge in [0.1, 0.15) is 0 Å². The van der Waals surface area contributed by atoms with E-state index in [1.807, 2.05) is 24.3 Å². The Morgan fingerprint density at radius 3 is 1.53 bits per heavy atom. The molecule has 0 atom stereocenters. The van der Waals surface area contributed by atoms with Crippen LogP contribution in [0.3, 0.4) is 0 Å². The van der Waals surface area contributed by atoms with Gasteiger partial charge in [0, 0.05) is 11.3 Å². The summed E-state index contributed by atoms with van der Waals surface area (Å²) in [7, 11) is 0. The van der Waals surface area contributed by atoms with Gasteiger partial charge in [-0.2, -0.15) is 4.39 Å². The summed E-state index contributed by atoms with van der Waals surface area (Å²) in [5, 5.41) is 0. The lowest BCUT2D eigenvalue weighted by Gasteiger charge is -2.08. The Hall–Kier alpha value is -2.48. The standard InChI is InChI=1S/C34H46FN/c1-3-5-7-9-10-11-13-15-17-32-26-27-33(34(35)36-32)31-24-22-30(23-25-31)29-20-18-28(19-21-29)16-14-12-8-6-4-2/h18-27H,3-17H2,1-2H3. The monoisotopic (exact) mass is 487 g/mol. The van der Waals surface area contributed by atoms with Crippen LogP contribution >= 0.6 is 0 Å². The average Bonchev–Trinajstić information content (AvgIpc) is 2.91. The van der Waals surface area contributed by atoms with Gasteiger partial charge in [-0.1, -0.05) is 133 Å². The molecule has 0 spiro atoms. The number of rotatable bonds is 17. The van der Waals surface area contributed by atoms with Gasteiger partial charge in [-0.05, 0) is 60.1 Å². The Morgan fingerprint density at radius 1 is 0.500 bits per heavy atom. The van der Waals surface area contributed by atoms with Crippen molar-refractivity contribution >= 4 is 0 Å². The number of nitrogens with zero attached hydrogens (tertiary/aromatic N) is 1. The van der Waals surface area contributed by atoms with E-state index in [1.165, 1.54) is 88.2 Å². The third-order valence-electron chi connectivity index (χ3n) is 7.25. The maximum absolute atomic E-state index is 14.8. The van der Waals surface area contributed by atoms with Crippen molar-refractivity contribution in [3.8, 4) is 22.3 Å². The van der Waals surface area contributed by atoms with Crippen molar-refractivity contribution in [2.75, 3.05) is 0 Å². The maximum atomic E-state index is 14.8. The first kappa shape index (κ1) is 28.1. The quantitative estimate of drug-likeness (QED) is 0.136. The number of aryl methyl sites for hydroxylation is 2. The molecule has 0 unspecified atom stereocenters. The van der Waals surface area contributed by atoms with Crippen LogP contribution in [0.15, 0.2) is 60.7 Å². The normalized spacial score (nSPS) is 11.2. The highest BCUT2D eigenvalue weighted by Gasteiger charge is 2.09. The molecule has 0 saturated carbocycles. The molecule has 1 aromatic heterocycles. The van der Waals surface area contributed by atoms with Crippen LogP contribution in [0.4, 0.5) is 4.39 Å². The molecule has 0 bridgehead atoms. The molecule has 0 aliphatic carbocycles. The van der Waals surface area contributed by atoms with Crippen LogP contribution in [0.1, 0.15) is 109 Å². The zero-order valence-corrected chi connectivity index (χ0v) is 22.7. The molecule has 0 saturated heterocycles. The minimum absolute atomic E-state index is 0.358. The summed E-state index contributed by atoms with van der Waals surface area (Å²) in [6.07, 6.45) is 18.8. The molecular weight excluding hydrogens is 441 g/mol. The number of hydrogen-bond acceptors (Lipinski definition) is 1. The van der Waals surface area contributed by atoms with E-state index < -0.39 is 0 Å². The fourth-order valence-corrected chi connectivity index (χ4v) is 4.91. The lowest BCUT2D eigenvalue weighted by atomic mass is 9.98. The van der Waals surface area contributed by atoms with Crippen molar-refractivity contribution in [3.05, 3.63) is 77.9 Å². The third-order valence-corrected chi connectivity index (χ3v) is 7.25. The number of unbranched alkanes of at least 4 members (excludes halogenated alkanes) is 11. The lowest BCUT2D eigenvalue weighted by molar-refractivity contribution is 0.561. The van der Waals surface area contributed by atoms with Crippen LogP contribution in [0.25, 0.3) is 22.3 Å². The van der Waals surface area contributed by atoms with Crippen LogP contribution in [-0.4, -0.2) is 4.98 Å². The molecule has 3 rings (SSSR count). The number of halogens is 1. The van der Waals surface area contributed by atoms with Crippen molar-refractivity contribution < 1.29 is 4.39 Å². The van der Waals surface area contributed by atoms with Crippen LogP contribution < -0.4 is 0 Å². The molecule has 2 heteroatoms. The molecule has 36 heavy (non-hydrogen) atoms. The van der Waals surface area contributed by atoms with E-state index in [1.54, 1.807) is 0 Å². The molecule has 3 aromatic rings. The molecule has 2 aromatic carbocycles. The van der Waals surface area contributed by atoms with Gasteiger partial charge in [-0.15, -0.1) is 0 Å². The number of benzene rings is 2. The second-order valence-electron chi connectivity index (χ2n) is 10.3. The van der Waals surface area contributed by atoms with Crippen molar-refractivity contribution in [1.82, 2.24) is 4.98 Å². The molecule has 0 aliphatic heterocycles. The summed E-state index contributed by atoms with van der Waals surface area (Å²) in [6, 6.07) is 21.0. The van der Waals surface area contributed by atoms with Crippen LogP contribution in [0.2, 0.25) is 0 Å². The zero-order valence-electron chi connectivity index (χ0n) is 22.7. The third kappa shape index (κ3) is 9.52. The van der Waals surface area contributed by atoms with Gasteiger partial charge >= 0.3 is 0 Å². The molecule has 1 nitrogen and oxygen atoms in total. The van der Waals surface area contributed by atoms with Crippen LogP contribution in [0, 0.1) is 5.95 Å². The minimum Gasteiger partial charge on any atom is -0.224 e. The van der Waals surface area contributed by atoms with Crippen molar-refractivity contribution in [1.29, 1.82) is 0 Å². The van der Waals surface area contributed by atoms with Crippen molar-refractivity contribution in [2.45, 2.75) is 110 Å². The van der Waals surface area contributed by atoms with E-state index in [9.17, 15) is 4.39 Å². The average molecular weight is 488 g/mol. The second-order valence-corrected chi connectivity index (χ2v) is 10.3. The first-order valence-corrected chi connectivity index (χ1v) is 14.6. The van der Waals surface area contributed by atoms with Gasteiger partial charge in [0.2, 0.25) is 5.95 Å². The van der Waals surface area contributed by atoms with Crippen LogP contribution in [0.5, 0.6) is 0 Å². The Bertz CT molecular complexity index is 991. The van der Waals surface area contributed by atoms with Crippen LogP contribution in [-0.2, 0) is 12.8 Å². The summed E-state index contributed by atoms with van der Waals surface area (Å²) in [5.41, 5.74) is 6.10. The molecule has 1 heterocycles. The van der Waals surface area contributed by atoms with E-state index in [2.05, 4.69) is 55.2 Å². The highest BCUT2D eigenvalue weighted by Crippen LogP contribution is 2.27. The summed E-state index contributed by atoms with van der Waals surface area (Å²) in [6.45, 7) is 4.51. The number of aromatic nitrogens is 1. The lowest BCUT2D eigenvalue weighted by Crippen LogP contribution is -1.96. The largest absolute Gasteiger partial charge is 0.224 e. The minimum atomic E-state index is -0.358. The number of pyridine rings is 1. The molecule has 0 amide bonds. The fourth-order valence-electron chi connectivity index (χ4n) is 4.91. The molecule has 0 fully saturated rings. The number of hydrogen-bond donors (Lipinski definition) is 0. The first-order valence-electron chi connectivity index (χ1n) is 14.6. The van der Waals surface area contributed by atoms with Crippen molar-refractivity contribution in [3.63, 3.8) is 0 Å². The van der Waals surface area contributed by atoms with Gasteiger partial charge in [0.25, 0.3) is 0 Å². The van der Waals surface area contributed by atoms with E-state index in [0.29, 0.717) is 5.56 Å². The van der Waals surface area contributed by atoms with Gasteiger partial charge < -0.3 is 0 Å². The smallest absolute Gasteiger partial charge is 0.220 e. The Labute approximate surface area is 219 Å². The molecule has 0 N–H and O–H groups in total. The van der Waals surface area contributed by atoms with E-state index in [-0.39, 0.29) is 5.95 Å². The summed E-state index contributed by atoms with van der Waals surface area (Å²) in [5.74, 6) is -0.358. The predicted molar refractivity (Wildman–Crippen MR) is 154 cm³/mol. The molecule has 0 aliphatic rings. The van der Waals surface area contributed by atoms with E-state index in [4.69, 9.17) is 0 Å². The molecule has 0 radical (unpaired) electrons. The highest BCUT2D eigenvalue weighted by atomic mass is 19.1. The Balaban J connectivity index is 1.48. The summed E-state index contributed by atoms with van der Waals surface area (Å²) in [4.78, 5) is 4.27. The SMILES string of the molecule is CCCCCCCCCCc1ccc(-c2ccc(-c3ccc(CCCCCCC)cc3)cc2)c(F)n1. The summed E-state index contributed by atoms with van der Waals surface area (Å²) >= 11 is 0.